The first-order valence-electron chi connectivity index (χ1n) is 13.5. The Morgan fingerprint density at radius 1 is 0.350 bits per heavy atom. The van der Waals surface area contributed by atoms with Crippen molar-refractivity contribution >= 4 is 65.8 Å². The number of fused-ring (bicyclic) bond motifs is 9. The Labute approximate surface area is 228 Å². The van der Waals surface area contributed by atoms with Gasteiger partial charge in [-0.3, -0.25) is 0 Å². The van der Waals surface area contributed by atoms with E-state index < -0.39 is 0 Å². The molecule has 0 amide bonds. The first kappa shape index (κ1) is 21.6. The van der Waals surface area contributed by atoms with Crippen molar-refractivity contribution in [2.24, 2.45) is 0 Å². The molecule has 0 aliphatic carbocycles. The lowest BCUT2D eigenvalue weighted by molar-refractivity contribution is 0.666. The fourth-order valence-corrected chi connectivity index (χ4v) is 6.41. The predicted octanol–water partition coefficient (Wildman–Crippen LogP) is 11.0. The summed E-state index contributed by atoms with van der Waals surface area (Å²) in [5, 5.41) is 6.63. The van der Waals surface area contributed by atoms with Gasteiger partial charge in [-0.1, -0.05) is 91.0 Å². The zero-order valence-electron chi connectivity index (χ0n) is 21.7. The maximum Gasteiger partial charge on any atom is 0.143 e. The third-order valence-electron chi connectivity index (χ3n) is 8.23. The van der Waals surface area contributed by atoms with Crippen LogP contribution in [-0.4, -0.2) is 0 Å². The molecule has 0 fully saturated rings. The van der Waals surface area contributed by atoms with Gasteiger partial charge >= 0.3 is 0 Å². The van der Waals surface area contributed by atoms with Gasteiger partial charge in [0.05, 0.1) is 0 Å². The minimum absolute atomic E-state index is 0.863. The average Bonchev–Trinajstić information content (AvgIpc) is 3.69. The summed E-state index contributed by atoms with van der Waals surface area (Å²) in [6.07, 6.45) is 0. The highest BCUT2D eigenvalue weighted by Crippen LogP contribution is 2.47. The van der Waals surface area contributed by atoms with E-state index >= 15 is 0 Å². The van der Waals surface area contributed by atoms with E-state index in [1.807, 2.05) is 36.4 Å². The number of hydrogen-bond donors (Lipinski definition) is 0. The quantitative estimate of drug-likeness (QED) is 0.230. The molecule has 0 aliphatic rings. The number of rotatable bonds is 2. The highest BCUT2D eigenvalue weighted by Gasteiger charge is 2.22. The number of hydrogen-bond acceptors (Lipinski definition) is 3. The number of benzene rings is 6. The molecule has 0 radical (unpaired) electrons. The van der Waals surface area contributed by atoms with E-state index in [-0.39, 0.29) is 0 Å². The van der Waals surface area contributed by atoms with Crippen molar-refractivity contribution in [2.45, 2.75) is 6.92 Å². The van der Waals surface area contributed by atoms with Crippen LogP contribution in [0.25, 0.3) is 88.1 Å². The Hall–Kier alpha value is -5.28. The Morgan fingerprint density at radius 3 is 1.55 bits per heavy atom. The SMILES string of the molecule is Cc1ccc(-c2ccc(-c3cccc4c3oc3ccccc34)c3c2oc2ccccc23)c2c1oc1ccccc12. The normalized spacial score (nSPS) is 12.1. The average molecular weight is 515 g/mol. The second-order valence-corrected chi connectivity index (χ2v) is 10.5. The maximum absolute atomic E-state index is 6.68. The van der Waals surface area contributed by atoms with E-state index in [4.69, 9.17) is 13.3 Å². The summed E-state index contributed by atoms with van der Waals surface area (Å²) >= 11 is 0. The van der Waals surface area contributed by atoms with Crippen molar-refractivity contribution in [3.8, 4) is 22.3 Å². The summed E-state index contributed by atoms with van der Waals surface area (Å²) in [5.74, 6) is 0. The van der Waals surface area contributed by atoms with Crippen LogP contribution < -0.4 is 0 Å². The fraction of sp³-hybridized carbons (Fsp3) is 0.0270. The Kier molecular flexibility index (Phi) is 4.26. The van der Waals surface area contributed by atoms with Gasteiger partial charge in [0.1, 0.15) is 33.5 Å². The number of furan rings is 3. The molecule has 0 aliphatic heterocycles. The number of aryl methyl sites for hydroxylation is 1. The van der Waals surface area contributed by atoms with Crippen LogP contribution in [-0.2, 0) is 0 Å². The molecule has 0 atom stereocenters. The highest BCUT2D eigenvalue weighted by molar-refractivity contribution is 6.22. The van der Waals surface area contributed by atoms with Crippen molar-refractivity contribution in [1.82, 2.24) is 0 Å². The van der Waals surface area contributed by atoms with Crippen molar-refractivity contribution in [3.05, 3.63) is 121 Å². The van der Waals surface area contributed by atoms with Gasteiger partial charge in [-0.05, 0) is 47.9 Å². The molecule has 3 heteroatoms. The molecular weight excluding hydrogens is 492 g/mol. The van der Waals surface area contributed by atoms with Crippen LogP contribution in [0.15, 0.2) is 129 Å². The zero-order valence-corrected chi connectivity index (χ0v) is 21.7. The van der Waals surface area contributed by atoms with Gasteiger partial charge in [0.15, 0.2) is 0 Å². The van der Waals surface area contributed by atoms with Gasteiger partial charge in [0, 0.05) is 43.4 Å². The van der Waals surface area contributed by atoms with E-state index in [1.54, 1.807) is 0 Å². The molecule has 0 bridgehead atoms. The molecule has 3 heterocycles. The van der Waals surface area contributed by atoms with Crippen molar-refractivity contribution < 1.29 is 13.3 Å². The van der Waals surface area contributed by atoms with Crippen molar-refractivity contribution in [3.63, 3.8) is 0 Å². The van der Waals surface area contributed by atoms with Gasteiger partial charge < -0.3 is 13.3 Å². The van der Waals surface area contributed by atoms with Crippen LogP contribution in [0, 0.1) is 6.92 Å². The van der Waals surface area contributed by atoms with E-state index in [0.29, 0.717) is 0 Å². The summed E-state index contributed by atoms with van der Waals surface area (Å²) in [4.78, 5) is 0. The van der Waals surface area contributed by atoms with Gasteiger partial charge in [0.25, 0.3) is 0 Å². The van der Waals surface area contributed by atoms with Crippen molar-refractivity contribution in [2.75, 3.05) is 0 Å². The molecule has 9 aromatic rings. The molecule has 3 aromatic heterocycles. The second kappa shape index (κ2) is 7.87. The second-order valence-electron chi connectivity index (χ2n) is 10.5. The monoisotopic (exact) mass is 514 g/mol. The lowest BCUT2D eigenvalue weighted by Crippen LogP contribution is -1.86. The molecule has 40 heavy (non-hydrogen) atoms. The molecule has 3 nitrogen and oxygen atoms in total. The number of para-hydroxylation sites is 4. The summed E-state index contributed by atoms with van der Waals surface area (Å²) in [5.41, 5.74) is 10.7. The highest BCUT2D eigenvalue weighted by atomic mass is 16.3. The fourth-order valence-electron chi connectivity index (χ4n) is 6.41. The summed E-state index contributed by atoms with van der Waals surface area (Å²) in [6, 6.07) is 39.9. The van der Waals surface area contributed by atoms with Crippen LogP contribution >= 0.6 is 0 Å². The molecule has 0 saturated heterocycles. The molecule has 0 saturated carbocycles. The van der Waals surface area contributed by atoms with Crippen LogP contribution in [0.5, 0.6) is 0 Å². The summed E-state index contributed by atoms with van der Waals surface area (Å²) in [7, 11) is 0. The third-order valence-corrected chi connectivity index (χ3v) is 8.23. The van der Waals surface area contributed by atoms with Crippen LogP contribution in [0.1, 0.15) is 5.56 Å². The zero-order chi connectivity index (χ0) is 26.4. The van der Waals surface area contributed by atoms with Crippen LogP contribution in [0.2, 0.25) is 0 Å². The molecule has 0 spiro atoms. The minimum atomic E-state index is 0.863. The largest absolute Gasteiger partial charge is 0.456 e. The smallest absolute Gasteiger partial charge is 0.143 e. The first-order chi connectivity index (χ1) is 19.8. The summed E-state index contributed by atoms with van der Waals surface area (Å²) < 4.78 is 19.5. The van der Waals surface area contributed by atoms with E-state index in [2.05, 4.69) is 85.8 Å². The molecule has 6 aromatic carbocycles. The topological polar surface area (TPSA) is 39.4 Å². The lowest BCUT2D eigenvalue weighted by Gasteiger charge is -2.10. The van der Waals surface area contributed by atoms with Gasteiger partial charge in [0.2, 0.25) is 0 Å². The Balaban J connectivity index is 1.42. The van der Waals surface area contributed by atoms with Gasteiger partial charge in [-0.25, -0.2) is 0 Å². The van der Waals surface area contributed by atoms with Crippen molar-refractivity contribution in [1.29, 1.82) is 0 Å². The molecule has 9 rings (SSSR count). The molecule has 0 unspecified atom stereocenters. The molecule has 188 valence electrons. The Morgan fingerprint density at radius 2 is 0.825 bits per heavy atom. The first-order valence-corrected chi connectivity index (χ1v) is 13.5. The van der Waals surface area contributed by atoms with E-state index in [1.165, 1.54) is 0 Å². The predicted molar refractivity (Wildman–Crippen MR) is 164 cm³/mol. The van der Waals surface area contributed by atoms with Gasteiger partial charge in [-0.15, -0.1) is 0 Å². The van der Waals surface area contributed by atoms with Gasteiger partial charge in [-0.2, -0.15) is 0 Å². The van der Waals surface area contributed by atoms with Crippen LogP contribution in [0.4, 0.5) is 0 Å². The molecular formula is C37H22O3. The van der Waals surface area contributed by atoms with E-state index in [0.717, 1.165) is 93.6 Å². The lowest BCUT2D eigenvalue weighted by atomic mass is 9.91. The summed E-state index contributed by atoms with van der Waals surface area (Å²) in [6.45, 7) is 2.10. The third kappa shape index (κ3) is 2.84. The van der Waals surface area contributed by atoms with E-state index in [9.17, 15) is 0 Å². The Bertz CT molecular complexity index is 2450. The minimum Gasteiger partial charge on any atom is -0.456 e. The van der Waals surface area contributed by atoms with Crippen LogP contribution in [0.3, 0.4) is 0 Å². The maximum atomic E-state index is 6.68. The molecule has 0 N–H and O–H groups in total. The standard InChI is InChI=1S/C37H22O3/c1-21-17-18-23(33-28-10-3-6-15-31(28)38-35(21)33)27-20-19-24(34-29-11-4-7-16-32(29)40-37(27)34)26-13-8-12-25-22-9-2-5-14-30(22)39-36(25)26/h2-20H,1H3.